The third-order valence-corrected chi connectivity index (χ3v) is 11.3. The molecule has 0 aliphatic heterocycles. The number of carbonyl (C=O) groups excluding carboxylic acids is 2. The van der Waals surface area contributed by atoms with Crippen molar-refractivity contribution >= 4 is 84.6 Å². The second-order valence-corrected chi connectivity index (χ2v) is 16.6. The van der Waals surface area contributed by atoms with E-state index in [-0.39, 0.29) is 152 Å². The van der Waals surface area contributed by atoms with Crippen molar-refractivity contribution in [1.29, 1.82) is 0 Å². The molecule has 0 radical (unpaired) electrons. The molecule has 6 rings (SSSR count). The van der Waals surface area contributed by atoms with Crippen molar-refractivity contribution in [3.8, 4) is 11.1 Å². The molecule has 26 heteroatoms. The maximum Gasteiger partial charge on any atom is 1.00 e. The Morgan fingerprint density at radius 1 is 0.414 bits per heavy atom. The van der Waals surface area contributed by atoms with Gasteiger partial charge in [0.15, 0.2) is 0 Å². The first kappa shape index (κ1) is 52.4. The van der Waals surface area contributed by atoms with Gasteiger partial charge in [-0.1, -0.05) is 60.7 Å². The number of allylic oxidation sites excluding steroid dienone is 2. The van der Waals surface area contributed by atoms with Crippen LogP contribution in [0, 0.1) is 0 Å². The number of anilines is 2. The van der Waals surface area contributed by atoms with Crippen molar-refractivity contribution in [2.75, 3.05) is 10.9 Å². The van der Waals surface area contributed by atoms with Gasteiger partial charge < -0.3 is 18.2 Å². The first-order valence-corrected chi connectivity index (χ1v) is 20.3. The standard InChI is InChI=1S/C32H22N4O14S4.4Na/c37-31-23-7-3-1-5-19(23)29(53(45,46)47)15-25(31)35-33-17-9-11-21(27(13-17)51(39,40)41)22-12-10-18(14-28(22)52(42,43)44)34-36-26-16-30(54(48,49)50)20-6-2-4-8-24(20)32(26)38;;;;/h1-16,33-34H,(H,39,40,41)(H,42,43,44)(H,45,46,47)(H,48,49,50);;;;/q;4*+1/p-4/b35-25+,36-26+;;;;. The van der Waals surface area contributed by atoms with Crippen molar-refractivity contribution in [2.45, 2.75) is 9.79 Å². The average molecular weight is 903 g/mol. The van der Waals surface area contributed by atoms with Crippen molar-refractivity contribution in [2.24, 2.45) is 10.2 Å². The number of fused-ring (bicyclic) bond motifs is 2. The first-order chi connectivity index (χ1) is 25.1. The molecule has 2 aliphatic carbocycles. The predicted molar refractivity (Wildman–Crippen MR) is 187 cm³/mol. The van der Waals surface area contributed by atoms with E-state index >= 15 is 0 Å². The van der Waals surface area contributed by atoms with Crippen molar-refractivity contribution in [1.82, 2.24) is 0 Å². The van der Waals surface area contributed by atoms with Gasteiger partial charge in [-0.05, 0) is 36.4 Å². The van der Waals surface area contributed by atoms with E-state index in [1.807, 2.05) is 0 Å². The molecule has 0 atom stereocenters. The molecule has 0 spiro atoms. The van der Waals surface area contributed by atoms with Crippen LogP contribution in [0.15, 0.2) is 117 Å². The number of hydrazone groups is 2. The Labute approximate surface area is 419 Å². The molecule has 4 aromatic carbocycles. The maximum atomic E-state index is 13.0. The molecular formula is C32H18N4Na4O14S4. The number of ketones is 2. The fourth-order valence-electron chi connectivity index (χ4n) is 5.47. The Morgan fingerprint density at radius 2 is 0.724 bits per heavy atom. The zero-order valence-electron chi connectivity index (χ0n) is 30.5. The van der Waals surface area contributed by atoms with Crippen LogP contribution in [-0.2, 0) is 40.5 Å². The number of rotatable bonds is 9. The number of benzene rings is 4. The molecule has 18 nitrogen and oxygen atoms in total. The number of hydrogen-bond acceptors (Lipinski definition) is 18. The molecule has 0 saturated carbocycles. The number of nitrogens with one attached hydrogen (secondary N) is 2. The van der Waals surface area contributed by atoms with Gasteiger partial charge in [-0.3, -0.25) is 20.4 Å². The summed E-state index contributed by atoms with van der Waals surface area (Å²) in [6, 6.07) is 16.0. The smallest absolute Gasteiger partial charge is 0.744 e. The quantitative estimate of drug-likeness (QED) is 0.0895. The van der Waals surface area contributed by atoms with Gasteiger partial charge in [-0.2, -0.15) is 10.2 Å². The van der Waals surface area contributed by atoms with Gasteiger partial charge in [0, 0.05) is 33.4 Å². The summed E-state index contributed by atoms with van der Waals surface area (Å²) in [4.78, 5) is 22.3. The predicted octanol–water partition coefficient (Wildman–Crippen LogP) is -9.72. The molecule has 0 saturated heterocycles. The Bertz CT molecular complexity index is 2740. The first-order valence-electron chi connectivity index (χ1n) is 14.7. The molecule has 278 valence electrons. The number of hydrogen-bond donors (Lipinski definition) is 2. The Morgan fingerprint density at radius 3 is 1.02 bits per heavy atom. The minimum Gasteiger partial charge on any atom is -0.744 e. The van der Waals surface area contributed by atoms with E-state index in [1.165, 1.54) is 48.5 Å². The van der Waals surface area contributed by atoms with Crippen molar-refractivity contribution in [3.63, 3.8) is 0 Å². The van der Waals surface area contributed by atoms with Gasteiger partial charge in [0.05, 0.1) is 31.0 Å². The van der Waals surface area contributed by atoms with Gasteiger partial charge in [0.25, 0.3) is 0 Å². The second kappa shape index (κ2) is 20.0. The van der Waals surface area contributed by atoms with Crippen LogP contribution >= 0.6 is 0 Å². The van der Waals surface area contributed by atoms with E-state index in [9.17, 15) is 61.5 Å². The van der Waals surface area contributed by atoms with Crippen molar-refractivity contribution in [3.05, 3.63) is 119 Å². The summed E-state index contributed by atoms with van der Waals surface area (Å²) in [5.74, 6) is -1.63. The topological polar surface area (TPSA) is 312 Å². The van der Waals surface area contributed by atoms with Crippen LogP contribution < -0.4 is 129 Å². The van der Waals surface area contributed by atoms with E-state index < -0.39 is 94.2 Å². The van der Waals surface area contributed by atoms with E-state index in [1.54, 1.807) is 0 Å². The molecule has 0 fully saturated rings. The van der Waals surface area contributed by atoms with E-state index in [0.29, 0.717) is 24.3 Å². The summed E-state index contributed by atoms with van der Waals surface area (Å²) in [7, 11) is -21.1. The third-order valence-electron chi connectivity index (χ3n) is 7.82. The molecule has 4 aromatic rings. The van der Waals surface area contributed by atoms with Crippen LogP contribution in [0.2, 0.25) is 0 Å². The minimum absolute atomic E-state index is 0. The zero-order valence-corrected chi connectivity index (χ0v) is 41.7. The Balaban J connectivity index is 0.00000290. The van der Waals surface area contributed by atoms with E-state index in [2.05, 4.69) is 21.1 Å². The second-order valence-electron chi connectivity index (χ2n) is 11.2. The van der Waals surface area contributed by atoms with Gasteiger partial charge in [0.2, 0.25) is 11.6 Å². The molecule has 2 aliphatic rings. The molecule has 2 N–H and O–H groups in total. The van der Waals surface area contributed by atoms with Gasteiger partial charge in [-0.15, -0.1) is 0 Å². The molecule has 58 heavy (non-hydrogen) atoms. The normalized spacial score (nSPS) is 15.2. The van der Waals surface area contributed by atoms with Gasteiger partial charge in [-0.25, -0.2) is 33.7 Å². The van der Waals surface area contributed by atoms with E-state index in [0.717, 1.165) is 24.3 Å². The van der Waals surface area contributed by atoms with Crippen LogP contribution in [0.25, 0.3) is 20.9 Å². The molecule has 0 heterocycles. The Kier molecular flexibility index (Phi) is 18.1. The fraction of sp³-hybridized carbons (Fsp3) is 0. The Hall–Kier alpha value is -1.72. The van der Waals surface area contributed by atoms with Crippen molar-refractivity contribution < 1.29 is 180 Å². The van der Waals surface area contributed by atoms with Gasteiger partial charge in [0.1, 0.15) is 51.9 Å². The molecule has 0 aromatic heterocycles. The third kappa shape index (κ3) is 11.4. The van der Waals surface area contributed by atoms with Crippen LogP contribution in [0.4, 0.5) is 11.4 Å². The van der Waals surface area contributed by atoms with Crippen LogP contribution in [0.1, 0.15) is 31.8 Å². The number of carbonyl (C=O) groups is 2. The van der Waals surface area contributed by atoms with Crippen LogP contribution in [0.3, 0.4) is 0 Å². The molecule has 0 amide bonds. The number of Topliss-reactive ketones (excluding diaryl/α,β-unsaturated/α-hetero) is 2. The fourth-order valence-corrected chi connectivity index (χ4v) is 8.32. The largest absolute Gasteiger partial charge is 1.00 e. The minimum atomic E-state index is -5.46. The average Bonchev–Trinajstić information content (AvgIpc) is 3.09. The monoisotopic (exact) mass is 902 g/mol. The SMILES string of the molecule is O=C1/C(=N/Nc2ccc(-c3ccc(N/N=C4\C=C(S(=O)(=O)[O-])c5ccccc5C4=O)cc3S(=O)(=O)[O-])c(S(=O)(=O)[O-])c2)C=C(S(=O)(=O)[O-])c2ccccc21.[Na+].[Na+].[Na+].[Na+]. The summed E-state index contributed by atoms with van der Waals surface area (Å²) in [5, 5.41) is 7.56. The summed E-state index contributed by atoms with van der Waals surface area (Å²) < 4.78 is 146. The summed E-state index contributed by atoms with van der Waals surface area (Å²) in [6.45, 7) is 0. The summed E-state index contributed by atoms with van der Waals surface area (Å²) in [5.41, 5.74) is 1.02. The van der Waals surface area contributed by atoms with Crippen LogP contribution in [-0.4, -0.2) is 74.9 Å². The van der Waals surface area contributed by atoms with E-state index in [4.69, 9.17) is 0 Å². The molecular weight excluding hydrogens is 885 g/mol. The summed E-state index contributed by atoms with van der Waals surface area (Å²) >= 11 is 0. The maximum absolute atomic E-state index is 13.0. The van der Waals surface area contributed by atoms with Gasteiger partial charge >= 0.3 is 118 Å². The molecule has 0 bridgehead atoms. The zero-order chi connectivity index (χ0) is 39.4. The van der Waals surface area contributed by atoms with Crippen LogP contribution in [0.5, 0.6) is 0 Å². The molecule has 0 unspecified atom stereocenters. The summed E-state index contributed by atoms with van der Waals surface area (Å²) in [6.07, 6.45) is 1.41. The number of nitrogens with zero attached hydrogens (tertiary/aromatic N) is 2.